The molecule has 3 N–H and O–H groups in total. The van der Waals surface area contributed by atoms with E-state index in [2.05, 4.69) is 41.5 Å². The molecule has 1 aromatic carbocycles. The summed E-state index contributed by atoms with van der Waals surface area (Å²) >= 11 is 0. The summed E-state index contributed by atoms with van der Waals surface area (Å²) in [6.45, 7) is 2.18. The molecule has 2 rings (SSSR count). The lowest BCUT2D eigenvalue weighted by molar-refractivity contribution is 0.922. The first kappa shape index (κ1) is 11.5. The van der Waals surface area contributed by atoms with E-state index < -0.39 is 0 Å². The summed E-state index contributed by atoms with van der Waals surface area (Å²) in [4.78, 5) is 4.20. The van der Waals surface area contributed by atoms with Crippen LogP contribution in [0.25, 0.3) is 0 Å². The number of hydrogen-bond donors (Lipinski definition) is 2. The Morgan fingerprint density at radius 1 is 1.12 bits per heavy atom. The van der Waals surface area contributed by atoms with E-state index in [1.54, 1.807) is 6.20 Å². The Morgan fingerprint density at radius 2 is 1.88 bits per heavy atom. The standard InChI is InChI=1S/C14H17N3/c1-2-3-11-4-7-13(8-5-11)17-14-9-6-12(15)10-16-14/h4-10H,2-3,15H2,1H3,(H,16,17). The van der Waals surface area contributed by atoms with Gasteiger partial charge in [0.2, 0.25) is 0 Å². The molecule has 0 fully saturated rings. The summed E-state index contributed by atoms with van der Waals surface area (Å²) in [6, 6.07) is 12.1. The van der Waals surface area contributed by atoms with Gasteiger partial charge in [0.1, 0.15) is 5.82 Å². The minimum absolute atomic E-state index is 0.675. The molecule has 0 amide bonds. The van der Waals surface area contributed by atoms with E-state index in [0.29, 0.717) is 5.69 Å². The van der Waals surface area contributed by atoms with Gasteiger partial charge in [-0.05, 0) is 36.2 Å². The average Bonchev–Trinajstić information content (AvgIpc) is 2.35. The van der Waals surface area contributed by atoms with Gasteiger partial charge in [0, 0.05) is 5.69 Å². The van der Waals surface area contributed by atoms with Crippen molar-refractivity contribution in [3.8, 4) is 0 Å². The smallest absolute Gasteiger partial charge is 0.130 e. The molecule has 0 aliphatic carbocycles. The fraction of sp³-hybridized carbons (Fsp3) is 0.214. The fourth-order valence-corrected chi connectivity index (χ4v) is 1.67. The van der Waals surface area contributed by atoms with Crippen molar-refractivity contribution in [2.75, 3.05) is 11.1 Å². The van der Waals surface area contributed by atoms with Gasteiger partial charge in [-0.1, -0.05) is 25.5 Å². The van der Waals surface area contributed by atoms with Crippen LogP contribution in [0.2, 0.25) is 0 Å². The summed E-state index contributed by atoms with van der Waals surface area (Å²) in [7, 11) is 0. The summed E-state index contributed by atoms with van der Waals surface area (Å²) in [5, 5.41) is 3.23. The largest absolute Gasteiger partial charge is 0.397 e. The van der Waals surface area contributed by atoms with Crippen molar-refractivity contribution in [1.29, 1.82) is 0 Å². The third-order valence-corrected chi connectivity index (χ3v) is 2.55. The molecule has 17 heavy (non-hydrogen) atoms. The van der Waals surface area contributed by atoms with Crippen molar-refractivity contribution in [2.24, 2.45) is 0 Å². The summed E-state index contributed by atoms with van der Waals surface area (Å²) in [5.74, 6) is 0.808. The summed E-state index contributed by atoms with van der Waals surface area (Å²) < 4.78 is 0. The molecule has 0 spiro atoms. The Balaban J connectivity index is 2.05. The second-order valence-corrected chi connectivity index (χ2v) is 4.05. The Kier molecular flexibility index (Phi) is 3.60. The van der Waals surface area contributed by atoms with Gasteiger partial charge in [-0.3, -0.25) is 0 Å². The molecule has 0 bridgehead atoms. The third kappa shape index (κ3) is 3.21. The Labute approximate surface area is 102 Å². The van der Waals surface area contributed by atoms with Gasteiger partial charge in [0.05, 0.1) is 11.9 Å². The van der Waals surface area contributed by atoms with Crippen molar-refractivity contribution in [3.05, 3.63) is 48.2 Å². The van der Waals surface area contributed by atoms with E-state index in [9.17, 15) is 0 Å². The highest BCUT2D eigenvalue weighted by molar-refractivity contribution is 5.57. The van der Waals surface area contributed by atoms with Gasteiger partial charge >= 0.3 is 0 Å². The fourth-order valence-electron chi connectivity index (χ4n) is 1.67. The van der Waals surface area contributed by atoms with Gasteiger partial charge in [0.25, 0.3) is 0 Å². The van der Waals surface area contributed by atoms with Crippen molar-refractivity contribution >= 4 is 17.2 Å². The minimum atomic E-state index is 0.675. The molecule has 88 valence electrons. The maximum absolute atomic E-state index is 5.58. The minimum Gasteiger partial charge on any atom is -0.397 e. The number of pyridine rings is 1. The van der Waals surface area contributed by atoms with Crippen LogP contribution in [0.1, 0.15) is 18.9 Å². The predicted octanol–water partition coefficient (Wildman–Crippen LogP) is 3.36. The second-order valence-electron chi connectivity index (χ2n) is 4.05. The highest BCUT2D eigenvalue weighted by atomic mass is 15.0. The number of anilines is 3. The van der Waals surface area contributed by atoms with Crippen LogP contribution in [-0.2, 0) is 6.42 Å². The van der Waals surface area contributed by atoms with E-state index in [-0.39, 0.29) is 0 Å². The lowest BCUT2D eigenvalue weighted by Gasteiger charge is -2.06. The van der Waals surface area contributed by atoms with Gasteiger partial charge < -0.3 is 11.1 Å². The van der Waals surface area contributed by atoms with Crippen LogP contribution in [0.3, 0.4) is 0 Å². The number of nitrogens with two attached hydrogens (primary N) is 1. The number of hydrogen-bond acceptors (Lipinski definition) is 3. The molecular formula is C14H17N3. The van der Waals surface area contributed by atoms with Crippen LogP contribution in [-0.4, -0.2) is 4.98 Å². The lowest BCUT2D eigenvalue weighted by Crippen LogP contribution is -1.94. The highest BCUT2D eigenvalue weighted by Gasteiger charge is 1.96. The van der Waals surface area contributed by atoms with Crippen molar-refractivity contribution in [2.45, 2.75) is 19.8 Å². The number of aryl methyl sites for hydroxylation is 1. The lowest BCUT2D eigenvalue weighted by atomic mass is 10.1. The van der Waals surface area contributed by atoms with Gasteiger partial charge in [-0.25, -0.2) is 4.98 Å². The van der Waals surface area contributed by atoms with Crippen molar-refractivity contribution in [3.63, 3.8) is 0 Å². The molecule has 0 aliphatic heterocycles. The zero-order valence-corrected chi connectivity index (χ0v) is 9.98. The van der Waals surface area contributed by atoms with Gasteiger partial charge in [-0.15, -0.1) is 0 Å². The van der Waals surface area contributed by atoms with Crippen LogP contribution < -0.4 is 11.1 Å². The number of aromatic nitrogens is 1. The van der Waals surface area contributed by atoms with Crippen LogP contribution >= 0.6 is 0 Å². The zero-order valence-electron chi connectivity index (χ0n) is 9.98. The molecule has 0 saturated heterocycles. The molecular weight excluding hydrogens is 210 g/mol. The molecule has 0 aliphatic rings. The Bertz CT molecular complexity index is 460. The van der Waals surface area contributed by atoms with Crippen molar-refractivity contribution < 1.29 is 0 Å². The predicted molar refractivity (Wildman–Crippen MR) is 72.4 cm³/mol. The maximum Gasteiger partial charge on any atom is 0.130 e. The topological polar surface area (TPSA) is 50.9 Å². The average molecular weight is 227 g/mol. The molecule has 0 radical (unpaired) electrons. The number of benzene rings is 1. The SMILES string of the molecule is CCCc1ccc(Nc2ccc(N)cn2)cc1. The van der Waals surface area contributed by atoms with Gasteiger partial charge in [-0.2, -0.15) is 0 Å². The maximum atomic E-state index is 5.58. The molecule has 1 heterocycles. The first-order valence-corrected chi connectivity index (χ1v) is 5.85. The normalized spacial score (nSPS) is 10.2. The first-order chi connectivity index (χ1) is 8.28. The number of nitrogen functional groups attached to an aromatic ring is 1. The molecule has 3 heteroatoms. The highest BCUT2D eigenvalue weighted by Crippen LogP contribution is 2.16. The van der Waals surface area contributed by atoms with Gasteiger partial charge in [0.15, 0.2) is 0 Å². The first-order valence-electron chi connectivity index (χ1n) is 5.85. The third-order valence-electron chi connectivity index (χ3n) is 2.55. The second kappa shape index (κ2) is 5.34. The Morgan fingerprint density at radius 3 is 2.47 bits per heavy atom. The van der Waals surface area contributed by atoms with E-state index in [1.165, 1.54) is 12.0 Å². The molecule has 0 unspecified atom stereocenters. The summed E-state index contributed by atoms with van der Waals surface area (Å²) in [5.41, 5.74) is 8.67. The van der Waals surface area contributed by atoms with Crippen molar-refractivity contribution in [1.82, 2.24) is 4.98 Å². The molecule has 3 nitrogen and oxygen atoms in total. The van der Waals surface area contributed by atoms with E-state index in [4.69, 9.17) is 5.73 Å². The number of nitrogens with zero attached hydrogens (tertiary/aromatic N) is 1. The van der Waals surface area contributed by atoms with Crippen LogP contribution in [0.4, 0.5) is 17.2 Å². The molecule has 2 aromatic rings. The van der Waals surface area contributed by atoms with Crippen LogP contribution in [0.5, 0.6) is 0 Å². The zero-order chi connectivity index (χ0) is 12.1. The molecule has 1 aromatic heterocycles. The molecule has 0 atom stereocenters. The van der Waals surface area contributed by atoms with Crippen LogP contribution in [0.15, 0.2) is 42.6 Å². The van der Waals surface area contributed by atoms with E-state index >= 15 is 0 Å². The Hall–Kier alpha value is -2.03. The molecule has 0 saturated carbocycles. The monoisotopic (exact) mass is 227 g/mol. The number of nitrogens with one attached hydrogen (secondary N) is 1. The van der Waals surface area contributed by atoms with E-state index in [1.807, 2.05) is 12.1 Å². The van der Waals surface area contributed by atoms with Crippen LogP contribution in [0, 0.1) is 0 Å². The quantitative estimate of drug-likeness (QED) is 0.842. The number of rotatable bonds is 4. The van der Waals surface area contributed by atoms with E-state index in [0.717, 1.165) is 17.9 Å². The summed E-state index contributed by atoms with van der Waals surface area (Å²) in [6.07, 6.45) is 3.94.